The lowest BCUT2D eigenvalue weighted by Gasteiger charge is -2.10. The molecule has 0 unspecified atom stereocenters. The zero-order valence-electron chi connectivity index (χ0n) is 13.6. The summed E-state index contributed by atoms with van der Waals surface area (Å²) in [6.07, 6.45) is 0.573. The van der Waals surface area contributed by atoms with Gasteiger partial charge in [-0.1, -0.05) is 30.3 Å². The first kappa shape index (κ1) is 14.6. The van der Waals surface area contributed by atoms with Crippen LogP contribution in [0.25, 0.3) is 21.8 Å². The summed E-state index contributed by atoms with van der Waals surface area (Å²) < 4.78 is 0. The predicted molar refractivity (Wildman–Crippen MR) is 96.4 cm³/mol. The van der Waals surface area contributed by atoms with Crippen LogP contribution >= 0.6 is 0 Å². The fraction of sp³-hybridized carbons (Fsp3) is 0.150. The fourth-order valence-electron chi connectivity index (χ4n) is 3.15. The summed E-state index contributed by atoms with van der Waals surface area (Å²) >= 11 is 0. The van der Waals surface area contributed by atoms with Gasteiger partial charge in [0.25, 0.3) is 5.56 Å². The van der Waals surface area contributed by atoms with Crippen LogP contribution in [0.3, 0.4) is 0 Å². The van der Waals surface area contributed by atoms with E-state index in [1.807, 2.05) is 31.2 Å². The molecule has 2 aromatic carbocycles. The molecule has 0 spiro atoms. The van der Waals surface area contributed by atoms with E-state index >= 15 is 0 Å². The van der Waals surface area contributed by atoms with E-state index in [0.29, 0.717) is 17.6 Å². The van der Waals surface area contributed by atoms with E-state index in [0.717, 1.165) is 33.2 Å². The maximum absolute atomic E-state index is 12.3. The Kier molecular flexibility index (Phi) is 3.38. The molecule has 1 N–H and O–H groups in total. The van der Waals surface area contributed by atoms with Crippen molar-refractivity contribution in [2.75, 3.05) is 0 Å². The van der Waals surface area contributed by atoms with Crippen LogP contribution in [0.4, 0.5) is 0 Å². The number of rotatable bonds is 2. The quantitative estimate of drug-likeness (QED) is 0.614. The fourth-order valence-corrected chi connectivity index (χ4v) is 3.15. The van der Waals surface area contributed by atoms with E-state index < -0.39 is 0 Å². The summed E-state index contributed by atoms with van der Waals surface area (Å²) in [6, 6.07) is 15.6. The number of pyridine rings is 1. The Labute approximate surface area is 139 Å². The minimum Gasteiger partial charge on any atom is -0.310 e. The van der Waals surface area contributed by atoms with Crippen molar-refractivity contribution >= 4 is 21.8 Å². The smallest absolute Gasteiger partial charge is 0.258 e. The number of aromatic amines is 1. The molecule has 24 heavy (non-hydrogen) atoms. The SMILES string of the molecule is Cc1cc(Cc2nc3ccccc3c(=O)[nH]2)c2cccc(C)c2n1. The summed E-state index contributed by atoms with van der Waals surface area (Å²) in [7, 11) is 0. The van der Waals surface area contributed by atoms with E-state index in [-0.39, 0.29) is 5.56 Å². The number of para-hydroxylation sites is 2. The molecule has 4 aromatic rings. The molecule has 0 fully saturated rings. The van der Waals surface area contributed by atoms with Crippen LogP contribution in [0.5, 0.6) is 0 Å². The molecule has 0 saturated carbocycles. The summed E-state index contributed by atoms with van der Waals surface area (Å²) in [5.41, 5.74) is 4.88. The molecular weight excluding hydrogens is 298 g/mol. The van der Waals surface area contributed by atoms with Crippen LogP contribution < -0.4 is 5.56 Å². The first-order chi connectivity index (χ1) is 11.6. The van der Waals surface area contributed by atoms with E-state index in [1.165, 1.54) is 0 Å². The summed E-state index contributed by atoms with van der Waals surface area (Å²) in [5.74, 6) is 0.673. The zero-order chi connectivity index (χ0) is 16.7. The van der Waals surface area contributed by atoms with E-state index in [4.69, 9.17) is 0 Å². The standard InChI is InChI=1S/C20H17N3O/c1-12-6-5-8-15-14(10-13(2)21-19(12)15)11-18-22-17-9-4-3-7-16(17)20(24)23-18/h3-10H,11H2,1-2H3,(H,22,23,24). The van der Waals surface area contributed by atoms with Crippen molar-refractivity contribution in [3.05, 3.63) is 81.5 Å². The van der Waals surface area contributed by atoms with Crippen molar-refractivity contribution in [1.82, 2.24) is 15.0 Å². The maximum Gasteiger partial charge on any atom is 0.258 e. The van der Waals surface area contributed by atoms with E-state index in [1.54, 1.807) is 6.07 Å². The third-order valence-electron chi connectivity index (χ3n) is 4.27. The van der Waals surface area contributed by atoms with Gasteiger partial charge in [-0.05, 0) is 43.2 Å². The Morgan fingerprint density at radius 3 is 2.62 bits per heavy atom. The highest BCUT2D eigenvalue weighted by molar-refractivity contribution is 5.85. The van der Waals surface area contributed by atoms with Crippen molar-refractivity contribution in [3.63, 3.8) is 0 Å². The Hall–Kier alpha value is -3.01. The molecular formula is C20H17N3O. The van der Waals surface area contributed by atoms with Gasteiger partial charge in [0.2, 0.25) is 0 Å². The third kappa shape index (κ3) is 2.46. The lowest BCUT2D eigenvalue weighted by atomic mass is 10.0. The molecule has 4 nitrogen and oxygen atoms in total. The highest BCUT2D eigenvalue weighted by Gasteiger charge is 2.09. The van der Waals surface area contributed by atoms with Gasteiger partial charge in [-0.15, -0.1) is 0 Å². The average Bonchev–Trinajstić information content (AvgIpc) is 2.56. The number of nitrogens with one attached hydrogen (secondary N) is 1. The molecule has 0 radical (unpaired) electrons. The van der Waals surface area contributed by atoms with Crippen LogP contribution in [0.15, 0.2) is 53.3 Å². The molecule has 0 atom stereocenters. The van der Waals surface area contributed by atoms with Crippen LogP contribution in [0.1, 0.15) is 22.6 Å². The van der Waals surface area contributed by atoms with Crippen molar-refractivity contribution in [2.45, 2.75) is 20.3 Å². The van der Waals surface area contributed by atoms with Crippen molar-refractivity contribution in [1.29, 1.82) is 0 Å². The average molecular weight is 315 g/mol. The highest BCUT2D eigenvalue weighted by atomic mass is 16.1. The van der Waals surface area contributed by atoms with Crippen molar-refractivity contribution in [3.8, 4) is 0 Å². The first-order valence-electron chi connectivity index (χ1n) is 7.95. The van der Waals surface area contributed by atoms with Crippen molar-refractivity contribution in [2.24, 2.45) is 0 Å². The minimum atomic E-state index is -0.0955. The van der Waals surface area contributed by atoms with Gasteiger partial charge in [-0.25, -0.2) is 4.98 Å². The van der Waals surface area contributed by atoms with E-state index in [2.05, 4.69) is 40.1 Å². The Morgan fingerprint density at radius 1 is 0.958 bits per heavy atom. The van der Waals surface area contributed by atoms with Gasteiger partial charge in [0.05, 0.1) is 16.4 Å². The van der Waals surface area contributed by atoms with Crippen LogP contribution in [0, 0.1) is 13.8 Å². The van der Waals surface area contributed by atoms with Gasteiger partial charge in [0.1, 0.15) is 5.82 Å². The van der Waals surface area contributed by atoms with Crippen LogP contribution in [0.2, 0.25) is 0 Å². The molecule has 0 aliphatic rings. The number of H-pyrrole nitrogens is 1. The molecule has 118 valence electrons. The second-order valence-corrected chi connectivity index (χ2v) is 6.10. The number of hydrogen-bond acceptors (Lipinski definition) is 3. The topological polar surface area (TPSA) is 58.6 Å². The summed E-state index contributed by atoms with van der Waals surface area (Å²) in [4.78, 5) is 24.4. The number of aryl methyl sites for hydroxylation is 2. The number of nitrogens with zero attached hydrogens (tertiary/aromatic N) is 2. The molecule has 0 bridgehead atoms. The molecule has 4 heteroatoms. The van der Waals surface area contributed by atoms with Gasteiger partial charge >= 0.3 is 0 Å². The number of aromatic nitrogens is 3. The lowest BCUT2D eigenvalue weighted by Crippen LogP contribution is -2.12. The largest absolute Gasteiger partial charge is 0.310 e. The molecule has 0 saturated heterocycles. The Balaban J connectivity index is 1.88. The molecule has 0 aliphatic carbocycles. The van der Waals surface area contributed by atoms with Gasteiger partial charge < -0.3 is 4.98 Å². The monoisotopic (exact) mass is 315 g/mol. The maximum atomic E-state index is 12.3. The minimum absolute atomic E-state index is 0.0955. The second kappa shape index (κ2) is 5.57. The predicted octanol–water partition coefficient (Wildman–Crippen LogP) is 3.68. The molecule has 0 amide bonds. The van der Waals surface area contributed by atoms with E-state index in [9.17, 15) is 4.79 Å². The van der Waals surface area contributed by atoms with Gasteiger partial charge in [-0.3, -0.25) is 9.78 Å². The molecule has 2 aromatic heterocycles. The summed E-state index contributed by atoms with van der Waals surface area (Å²) in [5, 5.41) is 1.73. The number of fused-ring (bicyclic) bond motifs is 2. The number of benzene rings is 2. The molecule has 0 aliphatic heterocycles. The summed E-state index contributed by atoms with van der Waals surface area (Å²) in [6.45, 7) is 4.06. The highest BCUT2D eigenvalue weighted by Crippen LogP contribution is 2.23. The van der Waals surface area contributed by atoms with Gasteiger partial charge in [-0.2, -0.15) is 0 Å². The van der Waals surface area contributed by atoms with Gasteiger partial charge in [0, 0.05) is 17.5 Å². The molecule has 4 rings (SSSR count). The van der Waals surface area contributed by atoms with Crippen LogP contribution in [-0.4, -0.2) is 15.0 Å². The third-order valence-corrected chi connectivity index (χ3v) is 4.27. The molecule has 2 heterocycles. The second-order valence-electron chi connectivity index (χ2n) is 6.10. The first-order valence-corrected chi connectivity index (χ1v) is 7.95. The zero-order valence-corrected chi connectivity index (χ0v) is 13.6. The Bertz CT molecular complexity index is 1130. The van der Waals surface area contributed by atoms with Crippen molar-refractivity contribution < 1.29 is 0 Å². The Morgan fingerprint density at radius 2 is 1.75 bits per heavy atom. The van der Waals surface area contributed by atoms with Crippen LogP contribution in [-0.2, 0) is 6.42 Å². The number of hydrogen-bond donors (Lipinski definition) is 1. The lowest BCUT2D eigenvalue weighted by molar-refractivity contribution is 0.974. The van der Waals surface area contributed by atoms with Gasteiger partial charge in [0.15, 0.2) is 0 Å². The normalized spacial score (nSPS) is 11.2.